The van der Waals surface area contributed by atoms with Crippen molar-refractivity contribution in [2.24, 2.45) is 0 Å². The molecule has 0 aliphatic heterocycles. The normalized spacial score (nSPS) is 11.1. The van der Waals surface area contributed by atoms with Crippen LogP contribution in [0.25, 0.3) is 0 Å². The summed E-state index contributed by atoms with van der Waals surface area (Å²) in [6.07, 6.45) is 0.102. The van der Waals surface area contributed by atoms with Crippen molar-refractivity contribution in [1.29, 1.82) is 5.26 Å². The number of hydrogen-bond acceptors (Lipinski definition) is 1. The standard InChI is InChI=1S/C9H5Cl4N/c10-7-2-1-3-8(11)6(7)4-9(12,13)5-14/h1-3H,4H2. The van der Waals surface area contributed by atoms with Crippen LogP contribution < -0.4 is 0 Å². The van der Waals surface area contributed by atoms with Gasteiger partial charge in [-0.2, -0.15) is 5.26 Å². The van der Waals surface area contributed by atoms with E-state index in [1.165, 1.54) is 0 Å². The predicted molar refractivity (Wildman–Crippen MR) is 60.2 cm³/mol. The highest BCUT2D eigenvalue weighted by molar-refractivity contribution is 6.50. The number of rotatable bonds is 2. The zero-order chi connectivity index (χ0) is 10.8. The number of nitrogens with zero attached hydrogens (tertiary/aromatic N) is 1. The monoisotopic (exact) mass is 267 g/mol. The zero-order valence-electron chi connectivity index (χ0n) is 6.90. The van der Waals surface area contributed by atoms with Crippen molar-refractivity contribution in [2.75, 3.05) is 0 Å². The van der Waals surface area contributed by atoms with Crippen molar-refractivity contribution in [3.8, 4) is 6.07 Å². The molecule has 0 aliphatic carbocycles. The third kappa shape index (κ3) is 2.93. The van der Waals surface area contributed by atoms with Crippen LogP contribution in [0.3, 0.4) is 0 Å². The molecule has 1 aromatic rings. The van der Waals surface area contributed by atoms with Gasteiger partial charge < -0.3 is 0 Å². The van der Waals surface area contributed by atoms with Gasteiger partial charge in [-0.25, -0.2) is 0 Å². The molecule has 0 spiro atoms. The van der Waals surface area contributed by atoms with E-state index in [-0.39, 0.29) is 6.42 Å². The second kappa shape index (κ2) is 4.59. The first-order valence-electron chi connectivity index (χ1n) is 3.68. The third-order valence-corrected chi connectivity index (χ3v) is 2.77. The van der Waals surface area contributed by atoms with Gasteiger partial charge in [0, 0.05) is 16.5 Å². The van der Waals surface area contributed by atoms with Crippen LogP contribution in [0.15, 0.2) is 18.2 Å². The van der Waals surface area contributed by atoms with Gasteiger partial charge in [0.2, 0.25) is 4.33 Å². The minimum Gasteiger partial charge on any atom is -0.195 e. The van der Waals surface area contributed by atoms with Crippen LogP contribution in [0.4, 0.5) is 0 Å². The summed E-state index contributed by atoms with van der Waals surface area (Å²) in [7, 11) is 0. The van der Waals surface area contributed by atoms with Crippen molar-refractivity contribution >= 4 is 46.4 Å². The maximum atomic E-state index is 8.64. The molecular weight excluding hydrogens is 264 g/mol. The van der Waals surface area contributed by atoms with Crippen LogP contribution in [-0.2, 0) is 6.42 Å². The summed E-state index contributed by atoms with van der Waals surface area (Å²) in [5.74, 6) is 0. The number of hydrogen-bond donors (Lipinski definition) is 0. The van der Waals surface area contributed by atoms with Gasteiger partial charge in [-0.05, 0) is 17.7 Å². The summed E-state index contributed by atoms with van der Waals surface area (Å²) >= 11 is 23.1. The van der Waals surface area contributed by atoms with Crippen molar-refractivity contribution in [1.82, 2.24) is 0 Å². The molecule has 0 bridgehead atoms. The quantitative estimate of drug-likeness (QED) is 0.737. The molecule has 0 saturated carbocycles. The van der Waals surface area contributed by atoms with E-state index in [4.69, 9.17) is 51.7 Å². The zero-order valence-corrected chi connectivity index (χ0v) is 9.92. The highest BCUT2D eigenvalue weighted by atomic mass is 35.5. The van der Waals surface area contributed by atoms with Crippen LogP contribution in [0.2, 0.25) is 10.0 Å². The molecule has 0 saturated heterocycles. The van der Waals surface area contributed by atoms with E-state index < -0.39 is 4.33 Å². The average molecular weight is 269 g/mol. The first-order valence-corrected chi connectivity index (χ1v) is 5.19. The lowest BCUT2D eigenvalue weighted by molar-refractivity contribution is 0.947. The summed E-state index contributed by atoms with van der Waals surface area (Å²) in [5, 5.41) is 9.55. The second-order valence-corrected chi connectivity index (χ2v) is 4.99. The molecule has 14 heavy (non-hydrogen) atoms. The summed E-state index contributed by atoms with van der Waals surface area (Å²) < 4.78 is -1.49. The first kappa shape index (κ1) is 11.9. The molecule has 1 aromatic carbocycles. The van der Waals surface area contributed by atoms with E-state index in [2.05, 4.69) is 0 Å². The van der Waals surface area contributed by atoms with Gasteiger partial charge in [0.05, 0.1) is 0 Å². The number of nitriles is 1. The highest BCUT2D eigenvalue weighted by Gasteiger charge is 2.26. The molecule has 74 valence electrons. The van der Waals surface area contributed by atoms with E-state index in [1.54, 1.807) is 24.3 Å². The molecule has 1 rings (SSSR count). The number of halogens is 4. The lowest BCUT2D eigenvalue weighted by atomic mass is 10.1. The van der Waals surface area contributed by atoms with Gasteiger partial charge in [-0.1, -0.05) is 52.5 Å². The Labute approximate surface area is 102 Å². The van der Waals surface area contributed by atoms with Crippen LogP contribution in [0, 0.1) is 11.3 Å². The molecule has 1 nitrogen and oxygen atoms in total. The minimum atomic E-state index is -1.49. The van der Waals surface area contributed by atoms with Crippen LogP contribution in [0.1, 0.15) is 5.56 Å². The Hall–Kier alpha value is -0.130. The predicted octanol–water partition coefficient (Wildman–Crippen LogP) is 4.23. The second-order valence-electron chi connectivity index (χ2n) is 2.69. The Morgan fingerprint density at radius 3 is 2.14 bits per heavy atom. The van der Waals surface area contributed by atoms with Crippen molar-refractivity contribution in [2.45, 2.75) is 10.8 Å². The number of alkyl halides is 2. The molecule has 0 aliphatic rings. The molecular formula is C9H5Cl4N. The molecule has 0 unspecified atom stereocenters. The Morgan fingerprint density at radius 1 is 1.21 bits per heavy atom. The van der Waals surface area contributed by atoms with Gasteiger partial charge in [-0.3, -0.25) is 0 Å². The summed E-state index contributed by atoms with van der Waals surface area (Å²) in [4.78, 5) is 0. The smallest absolute Gasteiger partial charge is 0.195 e. The lowest BCUT2D eigenvalue weighted by Gasteiger charge is -2.12. The van der Waals surface area contributed by atoms with E-state index in [0.29, 0.717) is 15.6 Å². The maximum Gasteiger partial charge on any atom is 0.207 e. The Balaban J connectivity index is 3.04. The minimum absolute atomic E-state index is 0.102. The van der Waals surface area contributed by atoms with Crippen molar-refractivity contribution in [3.63, 3.8) is 0 Å². The fourth-order valence-corrected chi connectivity index (χ4v) is 1.76. The number of benzene rings is 1. The van der Waals surface area contributed by atoms with E-state index in [0.717, 1.165) is 0 Å². The molecule has 0 N–H and O–H groups in total. The van der Waals surface area contributed by atoms with Crippen LogP contribution >= 0.6 is 46.4 Å². The SMILES string of the molecule is N#CC(Cl)(Cl)Cc1c(Cl)cccc1Cl. The van der Waals surface area contributed by atoms with E-state index in [1.807, 2.05) is 0 Å². The van der Waals surface area contributed by atoms with Gasteiger partial charge in [0.1, 0.15) is 6.07 Å². The fourth-order valence-electron chi connectivity index (χ4n) is 0.963. The molecule has 0 atom stereocenters. The van der Waals surface area contributed by atoms with Crippen LogP contribution in [-0.4, -0.2) is 4.33 Å². The van der Waals surface area contributed by atoms with Crippen molar-refractivity contribution in [3.05, 3.63) is 33.8 Å². The Kier molecular flexibility index (Phi) is 3.92. The maximum absolute atomic E-state index is 8.64. The highest BCUT2D eigenvalue weighted by Crippen LogP contribution is 2.32. The molecule has 0 heterocycles. The summed E-state index contributed by atoms with van der Waals surface area (Å²) in [6.45, 7) is 0. The lowest BCUT2D eigenvalue weighted by Crippen LogP contribution is -2.13. The molecule has 0 amide bonds. The van der Waals surface area contributed by atoms with Crippen molar-refractivity contribution < 1.29 is 0 Å². The Bertz CT molecular complexity index is 361. The van der Waals surface area contributed by atoms with Gasteiger partial charge in [0.25, 0.3) is 0 Å². The van der Waals surface area contributed by atoms with Gasteiger partial charge >= 0.3 is 0 Å². The van der Waals surface area contributed by atoms with E-state index >= 15 is 0 Å². The molecule has 0 aromatic heterocycles. The molecule has 0 fully saturated rings. The molecule has 0 radical (unpaired) electrons. The first-order chi connectivity index (χ1) is 6.46. The van der Waals surface area contributed by atoms with Crippen LogP contribution in [0.5, 0.6) is 0 Å². The Morgan fingerprint density at radius 2 is 1.71 bits per heavy atom. The average Bonchev–Trinajstić information content (AvgIpc) is 2.12. The third-order valence-electron chi connectivity index (χ3n) is 1.62. The molecule has 5 heteroatoms. The summed E-state index contributed by atoms with van der Waals surface area (Å²) in [6, 6.07) is 6.81. The largest absolute Gasteiger partial charge is 0.207 e. The van der Waals surface area contributed by atoms with Gasteiger partial charge in [-0.15, -0.1) is 0 Å². The fraction of sp³-hybridized carbons (Fsp3) is 0.222. The topological polar surface area (TPSA) is 23.8 Å². The summed E-state index contributed by atoms with van der Waals surface area (Å²) in [5.41, 5.74) is 0.586. The van der Waals surface area contributed by atoms with Gasteiger partial charge in [0.15, 0.2) is 0 Å². The van der Waals surface area contributed by atoms with E-state index in [9.17, 15) is 0 Å².